The van der Waals surface area contributed by atoms with E-state index in [0.717, 1.165) is 0 Å². The number of anilines is 1. The lowest BCUT2D eigenvalue weighted by Crippen LogP contribution is -2.41. The van der Waals surface area contributed by atoms with Gasteiger partial charge in [0.25, 0.3) is 5.91 Å². The highest BCUT2D eigenvalue weighted by atomic mass is 32.2. The number of amides is 1. The summed E-state index contributed by atoms with van der Waals surface area (Å²) < 4.78 is 32.4. The number of Topliss-reactive ketones (excluding diaryl/α,β-unsaturated/α-hetero) is 1. The standard InChI is InChI=1S/C23H26N2O6S/c1-16(26)18-8-10-21(11-9-18)32(29,30)25-14-12-19(13-15-25)23(28)31-17(2)22(27)24-20-6-4-3-5-7-20/h3-11,17,19H,12-15H2,1-2H3,(H,24,27)/t17-/m0/s1. The topological polar surface area (TPSA) is 110 Å². The van der Waals surface area contributed by atoms with Crippen molar-refractivity contribution in [1.29, 1.82) is 0 Å². The van der Waals surface area contributed by atoms with Crippen LogP contribution in [0.4, 0.5) is 5.69 Å². The fourth-order valence-electron chi connectivity index (χ4n) is 3.43. The molecule has 1 fully saturated rings. The third-order valence-electron chi connectivity index (χ3n) is 5.39. The summed E-state index contributed by atoms with van der Waals surface area (Å²) in [4.78, 5) is 36.2. The lowest BCUT2D eigenvalue weighted by Gasteiger charge is -2.30. The smallest absolute Gasteiger partial charge is 0.309 e. The molecule has 2 aromatic carbocycles. The Kier molecular flexibility index (Phi) is 7.42. The van der Waals surface area contributed by atoms with Crippen molar-refractivity contribution in [2.45, 2.75) is 37.7 Å². The largest absolute Gasteiger partial charge is 0.452 e. The molecule has 0 saturated carbocycles. The highest BCUT2D eigenvalue weighted by Gasteiger charge is 2.34. The fraction of sp³-hybridized carbons (Fsp3) is 0.348. The average molecular weight is 459 g/mol. The molecule has 0 spiro atoms. The van der Waals surface area contributed by atoms with Crippen LogP contribution in [0, 0.1) is 5.92 Å². The number of piperidine rings is 1. The molecule has 2 aromatic rings. The second-order valence-electron chi connectivity index (χ2n) is 7.69. The summed E-state index contributed by atoms with van der Waals surface area (Å²) in [6, 6.07) is 14.7. The molecule has 0 bridgehead atoms. The van der Waals surface area contributed by atoms with Crippen molar-refractivity contribution in [3.05, 3.63) is 60.2 Å². The first kappa shape index (κ1) is 23.6. The number of para-hydroxylation sites is 1. The van der Waals surface area contributed by atoms with Crippen molar-refractivity contribution >= 4 is 33.4 Å². The highest BCUT2D eigenvalue weighted by Crippen LogP contribution is 2.25. The molecule has 170 valence electrons. The highest BCUT2D eigenvalue weighted by molar-refractivity contribution is 7.89. The van der Waals surface area contributed by atoms with Gasteiger partial charge < -0.3 is 10.1 Å². The zero-order chi connectivity index (χ0) is 23.3. The summed E-state index contributed by atoms with van der Waals surface area (Å²) in [5.41, 5.74) is 1.05. The number of hydrogen-bond donors (Lipinski definition) is 1. The minimum absolute atomic E-state index is 0.106. The molecule has 0 unspecified atom stereocenters. The number of ether oxygens (including phenoxy) is 1. The van der Waals surface area contributed by atoms with Crippen molar-refractivity contribution in [2.24, 2.45) is 5.92 Å². The molecule has 1 atom stereocenters. The van der Waals surface area contributed by atoms with Gasteiger partial charge in [-0.3, -0.25) is 14.4 Å². The van der Waals surface area contributed by atoms with Crippen molar-refractivity contribution in [3.63, 3.8) is 0 Å². The van der Waals surface area contributed by atoms with Gasteiger partial charge in [-0.2, -0.15) is 4.31 Å². The molecular weight excluding hydrogens is 432 g/mol. The monoisotopic (exact) mass is 458 g/mol. The number of benzene rings is 2. The quantitative estimate of drug-likeness (QED) is 0.505. The van der Waals surface area contributed by atoms with E-state index in [1.54, 1.807) is 24.3 Å². The van der Waals surface area contributed by atoms with Crippen LogP contribution in [0.2, 0.25) is 0 Å². The number of carbonyl (C=O) groups is 3. The first-order chi connectivity index (χ1) is 15.2. The van der Waals surface area contributed by atoms with E-state index in [1.165, 1.54) is 42.4 Å². The second-order valence-corrected chi connectivity index (χ2v) is 9.63. The van der Waals surface area contributed by atoms with Gasteiger partial charge in [-0.05, 0) is 51.0 Å². The van der Waals surface area contributed by atoms with Gasteiger partial charge in [0.05, 0.1) is 10.8 Å². The van der Waals surface area contributed by atoms with Crippen molar-refractivity contribution in [2.75, 3.05) is 18.4 Å². The predicted molar refractivity (Wildman–Crippen MR) is 119 cm³/mol. The van der Waals surface area contributed by atoms with Gasteiger partial charge in [-0.15, -0.1) is 0 Å². The number of sulfonamides is 1. The van der Waals surface area contributed by atoms with Crippen LogP contribution >= 0.6 is 0 Å². The van der Waals surface area contributed by atoms with Crippen LogP contribution in [0.3, 0.4) is 0 Å². The Hall–Kier alpha value is -3.04. The number of ketones is 1. The van der Waals surface area contributed by atoms with Gasteiger partial charge in [0.1, 0.15) is 0 Å². The maximum Gasteiger partial charge on any atom is 0.309 e. The number of hydrogen-bond acceptors (Lipinski definition) is 6. The summed E-state index contributed by atoms with van der Waals surface area (Å²) in [7, 11) is -3.72. The van der Waals surface area contributed by atoms with Gasteiger partial charge in [-0.1, -0.05) is 30.3 Å². The van der Waals surface area contributed by atoms with Gasteiger partial charge >= 0.3 is 5.97 Å². The molecule has 1 aliphatic heterocycles. The van der Waals surface area contributed by atoms with Crippen LogP contribution in [0.1, 0.15) is 37.0 Å². The van der Waals surface area contributed by atoms with Crippen LogP contribution < -0.4 is 5.32 Å². The molecule has 9 heteroatoms. The molecule has 32 heavy (non-hydrogen) atoms. The molecule has 8 nitrogen and oxygen atoms in total. The van der Waals surface area contributed by atoms with E-state index in [2.05, 4.69) is 5.32 Å². The number of esters is 1. The Bertz CT molecular complexity index is 1080. The number of nitrogens with one attached hydrogen (secondary N) is 1. The van der Waals surface area contributed by atoms with Gasteiger partial charge in [-0.25, -0.2) is 8.42 Å². The number of carbonyl (C=O) groups excluding carboxylic acids is 3. The van der Waals surface area contributed by atoms with Crippen LogP contribution in [0.15, 0.2) is 59.5 Å². The Morgan fingerprint density at radius 2 is 1.59 bits per heavy atom. The molecule has 3 rings (SSSR count). The Labute approximate surface area is 187 Å². The summed E-state index contributed by atoms with van der Waals surface area (Å²) in [6.07, 6.45) is -0.364. The van der Waals surface area contributed by atoms with Crippen LogP contribution in [-0.2, 0) is 24.3 Å². The second kappa shape index (κ2) is 10.1. The molecule has 1 aliphatic rings. The molecule has 1 heterocycles. The molecule has 1 N–H and O–H groups in total. The van der Waals surface area contributed by atoms with Crippen LogP contribution in [0.5, 0.6) is 0 Å². The zero-order valence-electron chi connectivity index (χ0n) is 18.0. The normalized spacial score (nSPS) is 16.2. The number of rotatable bonds is 7. The Morgan fingerprint density at radius 1 is 1.00 bits per heavy atom. The third kappa shape index (κ3) is 5.60. The third-order valence-corrected chi connectivity index (χ3v) is 7.30. The van der Waals surface area contributed by atoms with E-state index in [0.29, 0.717) is 24.1 Å². The Balaban J connectivity index is 1.53. The summed E-state index contributed by atoms with van der Waals surface area (Å²) in [5, 5.41) is 2.68. The molecule has 0 aromatic heterocycles. The van der Waals surface area contributed by atoms with Gasteiger partial charge in [0, 0.05) is 24.3 Å². The first-order valence-electron chi connectivity index (χ1n) is 10.4. The minimum atomic E-state index is -3.72. The Morgan fingerprint density at radius 3 is 2.16 bits per heavy atom. The first-order valence-corrected chi connectivity index (χ1v) is 11.8. The fourth-order valence-corrected chi connectivity index (χ4v) is 4.90. The minimum Gasteiger partial charge on any atom is -0.452 e. The maximum atomic E-state index is 12.9. The van der Waals surface area contributed by atoms with Crippen LogP contribution in [0.25, 0.3) is 0 Å². The van der Waals surface area contributed by atoms with E-state index in [9.17, 15) is 22.8 Å². The molecule has 0 aliphatic carbocycles. The van der Waals surface area contributed by atoms with Crippen molar-refractivity contribution in [1.82, 2.24) is 4.31 Å². The average Bonchev–Trinajstić information content (AvgIpc) is 2.79. The maximum absolute atomic E-state index is 12.9. The summed E-state index contributed by atoms with van der Waals surface area (Å²) in [5.74, 6) is -1.56. The van der Waals surface area contributed by atoms with Crippen molar-refractivity contribution in [3.8, 4) is 0 Å². The summed E-state index contributed by atoms with van der Waals surface area (Å²) in [6.45, 7) is 3.25. The number of nitrogens with zero attached hydrogens (tertiary/aromatic N) is 1. The van der Waals surface area contributed by atoms with Gasteiger partial charge in [0.15, 0.2) is 11.9 Å². The lowest BCUT2D eigenvalue weighted by atomic mass is 9.98. The predicted octanol–water partition coefficient (Wildman–Crippen LogP) is 2.86. The zero-order valence-corrected chi connectivity index (χ0v) is 18.8. The van der Waals surface area contributed by atoms with Crippen molar-refractivity contribution < 1.29 is 27.5 Å². The molecule has 0 radical (unpaired) electrons. The SMILES string of the molecule is CC(=O)c1ccc(S(=O)(=O)N2CCC(C(=O)O[C@@H](C)C(=O)Nc3ccccc3)CC2)cc1. The van der Waals surface area contributed by atoms with Gasteiger partial charge in [0.2, 0.25) is 10.0 Å². The van der Waals surface area contributed by atoms with Crippen LogP contribution in [-0.4, -0.2) is 49.6 Å². The van der Waals surface area contributed by atoms with E-state index in [-0.39, 0.29) is 23.8 Å². The van der Waals surface area contributed by atoms with E-state index in [1.807, 2.05) is 6.07 Å². The molecular formula is C23H26N2O6S. The lowest BCUT2D eigenvalue weighted by molar-refractivity contribution is -0.158. The molecule has 1 amide bonds. The van der Waals surface area contributed by atoms with E-state index >= 15 is 0 Å². The molecule has 1 saturated heterocycles. The summed E-state index contributed by atoms with van der Waals surface area (Å²) >= 11 is 0. The van der Waals surface area contributed by atoms with E-state index < -0.39 is 33.9 Å². The van der Waals surface area contributed by atoms with E-state index in [4.69, 9.17) is 4.74 Å².